The first-order valence-electron chi connectivity index (χ1n) is 10.6. The lowest BCUT2D eigenvalue weighted by Gasteiger charge is -2.38. The lowest BCUT2D eigenvalue weighted by Crippen LogP contribution is -2.37. The highest BCUT2D eigenvalue weighted by molar-refractivity contribution is 6.06. The van der Waals surface area contributed by atoms with Crippen LogP contribution in [-0.4, -0.2) is 35.2 Å². The van der Waals surface area contributed by atoms with Crippen LogP contribution in [0.3, 0.4) is 0 Å². The summed E-state index contributed by atoms with van der Waals surface area (Å²) in [7, 11) is 0. The molecule has 2 aromatic rings. The minimum absolute atomic E-state index is 0.0883. The van der Waals surface area contributed by atoms with Crippen molar-refractivity contribution in [3.05, 3.63) is 70.6 Å². The average molecular weight is 422 g/mol. The number of nitrogens with one attached hydrogen (secondary N) is 1. The molecule has 0 unspecified atom stereocenters. The van der Waals surface area contributed by atoms with Gasteiger partial charge in [0.05, 0.1) is 17.9 Å². The Morgan fingerprint density at radius 3 is 2.71 bits per heavy atom. The molecule has 3 N–H and O–H groups in total. The van der Waals surface area contributed by atoms with Crippen molar-refractivity contribution in [1.29, 1.82) is 0 Å². The number of benzene rings is 2. The summed E-state index contributed by atoms with van der Waals surface area (Å²) in [6, 6.07) is 11.9. The number of anilines is 2. The number of esters is 1. The summed E-state index contributed by atoms with van der Waals surface area (Å²) >= 11 is 0. The van der Waals surface area contributed by atoms with Crippen LogP contribution < -0.4 is 10.2 Å². The molecule has 0 saturated heterocycles. The van der Waals surface area contributed by atoms with Gasteiger partial charge in [0.1, 0.15) is 11.7 Å². The SMILES string of the molecule is CCCCOC(=O)c1ccc(NC(=O)C2=C(O)N3CCCc4cccc(c43)[C@@H]2O)cc1. The molecule has 2 aliphatic rings. The van der Waals surface area contributed by atoms with Gasteiger partial charge in [0.15, 0.2) is 0 Å². The van der Waals surface area contributed by atoms with E-state index in [9.17, 15) is 19.8 Å². The van der Waals surface area contributed by atoms with E-state index in [1.165, 1.54) is 0 Å². The summed E-state index contributed by atoms with van der Waals surface area (Å²) in [4.78, 5) is 26.7. The van der Waals surface area contributed by atoms with Crippen molar-refractivity contribution in [2.75, 3.05) is 23.4 Å². The van der Waals surface area contributed by atoms with Gasteiger partial charge in [0.2, 0.25) is 5.88 Å². The zero-order valence-electron chi connectivity index (χ0n) is 17.4. The smallest absolute Gasteiger partial charge is 0.338 e. The number of aryl methyl sites for hydroxylation is 1. The second kappa shape index (κ2) is 8.81. The van der Waals surface area contributed by atoms with Crippen LogP contribution in [-0.2, 0) is 16.0 Å². The molecule has 7 heteroatoms. The third-order valence-corrected chi connectivity index (χ3v) is 5.67. The van der Waals surface area contributed by atoms with Gasteiger partial charge < -0.3 is 25.2 Å². The molecule has 31 heavy (non-hydrogen) atoms. The molecule has 2 heterocycles. The zero-order chi connectivity index (χ0) is 22.0. The fourth-order valence-electron chi connectivity index (χ4n) is 4.04. The van der Waals surface area contributed by atoms with Gasteiger partial charge >= 0.3 is 5.97 Å². The third kappa shape index (κ3) is 4.01. The van der Waals surface area contributed by atoms with Crippen molar-refractivity contribution in [2.45, 2.75) is 38.7 Å². The number of carbonyl (C=O) groups excluding carboxylic acids is 2. The highest BCUT2D eigenvalue weighted by Gasteiger charge is 2.38. The van der Waals surface area contributed by atoms with Gasteiger partial charge in [0.25, 0.3) is 5.91 Å². The predicted octanol–water partition coefficient (Wildman–Crippen LogP) is 3.85. The van der Waals surface area contributed by atoms with Crippen LogP contribution in [0.15, 0.2) is 53.9 Å². The number of aliphatic hydroxyl groups excluding tert-OH is 2. The molecule has 1 amide bonds. The average Bonchev–Trinajstić information content (AvgIpc) is 2.78. The topological polar surface area (TPSA) is 99.1 Å². The van der Waals surface area contributed by atoms with E-state index in [0.29, 0.717) is 30.0 Å². The number of hydrogen-bond acceptors (Lipinski definition) is 6. The Morgan fingerprint density at radius 1 is 1.19 bits per heavy atom. The van der Waals surface area contributed by atoms with Crippen molar-refractivity contribution in [3.63, 3.8) is 0 Å². The summed E-state index contributed by atoms with van der Waals surface area (Å²) < 4.78 is 5.18. The first-order chi connectivity index (χ1) is 15.0. The van der Waals surface area contributed by atoms with Gasteiger partial charge in [-0.15, -0.1) is 0 Å². The molecule has 162 valence electrons. The third-order valence-electron chi connectivity index (χ3n) is 5.67. The summed E-state index contributed by atoms with van der Waals surface area (Å²) in [6.07, 6.45) is 2.24. The monoisotopic (exact) mass is 422 g/mol. The number of nitrogens with zero attached hydrogens (tertiary/aromatic N) is 1. The predicted molar refractivity (Wildman–Crippen MR) is 117 cm³/mol. The molecule has 0 bridgehead atoms. The quantitative estimate of drug-likeness (QED) is 0.483. The number of aliphatic hydroxyl groups is 2. The summed E-state index contributed by atoms with van der Waals surface area (Å²) in [5, 5.41) is 24.4. The first kappa shape index (κ1) is 20.9. The number of para-hydroxylation sites is 1. The van der Waals surface area contributed by atoms with Crippen molar-refractivity contribution in [3.8, 4) is 0 Å². The van der Waals surface area contributed by atoms with Crippen LogP contribution in [0.2, 0.25) is 0 Å². The second-order valence-electron chi connectivity index (χ2n) is 7.77. The Labute approximate surface area is 181 Å². The highest BCUT2D eigenvalue weighted by Crippen LogP contribution is 2.43. The fraction of sp³-hybridized carbons (Fsp3) is 0.333. The zero-order valence-corrected chi connectivity index (χ0v) is 17.4. The van der Waals surface area contributed by atoms with Crippen molar-refractivity contribution in [1.82, 2.24) is 0 Å². The van der Waals surface area contributed by atoms with Crippen LogP contribution >= 0.6 is 0 Å². The van der Waals surface area contributed by atoms with E-state index in [0.717, 1.165) is 36.9 Å². The van der Waals surface area contributed by atoms with E-state index in [1.54, 1.807) is 35.2 Å². The molecule has 2 aromatic carbocycles. The van der Waals surface area contributed by atoms with Crippen LogP contribution in [0, 0.1) is 0 Å². The van der Waals surface area contributed by atoms with Crippen LogP contribution in [0.1, 0.15) is 53.8 Å². The lowest BCUT2D eigenvalue weighted by molar-refractivity contribution is -0.114. The van der Waals surface area contributed by atoms with E-state index in [1.807, 2.05) is 19.1 Å². The van der Waals surface area contributed by atoms with E-state index in [2.05, 4.69) is 5.32 Å². The number of hydrogen-bond donors (Lipinski definition) is 3. The van der Waals surface area contributed by atoms with Crippen LogP contribution in [0.25, 0.3) is 0 Å². The molecule has 1 atom stereocenters. The molecule has 4 rings (SSSR count). The maximum absolute atomic E-state index is 12.9. The van der Waals surface area contributed by atoms with E-state index < -0.39 is 18.0 Å². The summed E-state index contributed by atoms with van der Waals surface area (Å²) in [6.45, 7) is 2.97. The second-order valence-corrected chi connectivity index (χ2v) is 7.77. The van der Waals surface area contributed by atoms with Crippen molar-refractivity contribution < 1.29 is 24.5 Å². The molecule has 2 aliphatic heterocycles. The minimum Gasteiger partial charge on any atom is -0.494 e. The maximum atomic E-state index is 12.9. The van der Waals surface area contributed by atoms with E-state index >= 15 is 0 Å². The van der Waals surface area contributed by atoms with Gasteiger partial charge in [-0.3, -0.25) is 4.79 Å². The Hall–Kier alpha value is -3.32. The molecule has 0 radical (unpaired) electrons. The summed E-state index contributed by atoms with van der Waals surface area (Å²) in [5.41, 5.74) is 3.21. The van der Waals surface area contributed by atoms with Crippen molar-refractivity contribution in [2.24, 2.45) is 0 Å². The number of amides is 1. The largest absolute Gasteiger partial charge is 0.494 e. The Kier molecular flexibility index (Phi) is 5.95. The molecule has 0 fully saturated rings. The van der Waals surface area contributed by atoms with Gasteiger partial charge in [0, 0.05) is 17.8 Å². The number of ether oxygens (including phenoxy) is 1. The number of unbranched alkanes of at least 4 members (excludes halogenated alkanes) is 1. The minimum atomic E-state index is -1.22. The molecule has 0 aromatic heterocycles. The molecular formula is C24H26N2O5. The molecular weight excluding hydrogens is 396 g/mol. The van der Waals surface area contributed by atoms with Gasteiger partial charge in [-0.25, -0.2) is 4.79 Å². The van der Waals surface area contributed by atoms with Crippen molar-refractivity contribution >= 4 is 23.3 Å². The standard InChI is InChI=1S/C24H26N2O5/c1-2-3-14-31-24(30)16-9-11-17(12-10-16)25-22(28)19-21(27)18-8-4-6-15-7-5-13-26(20(15)18)23(19)29/h4,6,8-12,21,27,29H,2-3,5,7,13-14H2,1H3,(H,25,28)/t21-/m0/s1. The Balaban J connectivity index is 1.52. The lowest BCUT2D eigenvalue weighted by atomic mass is 9.88. The van der Waals surface area contributed by atoms with Crippen LogP contribution in [0.4, 0.5) is 11.4 Å². The highest BCUT2D eigenvalue weighted by atomic mass is 16.5. The number of carbonyl (C=O) groups is 2. The Bertz CT molecular complexity index is 1030. The normalized spacial score (nSPS) is 17.2. The molecule has 0 aliphatic carbocycles. The van der Waals surface area contributed by atoms with Crippen LogP contribution in [0.5, 0.6) is 0 Å². The molecule has 7 nitrogen and oxygen atoms in total. The molecule has 0 spiro atoms. The molecule has 0 saturated carbocycles. The van der Waals surface area contributed by atoms with Gasteiger partial charge in [-0.2, -0.15) is 0 Å². The van der Waals surface area contributed by atoms with Gasteiger partial charge in [-0.1, -0.05) is 31.5 Å². The maximum Gasteiger partial charge on any atom is 0.338 e. The Morgan fingerprint density at radius 2 is 1.97 bits per heavy atom. The van der Waals surface area contributed by atoms with E-state index in [-0.39, 0.29) is 11.5 Å². The van der Waals surface area contributed by atoms with E-state index in [4.69, 9.17) is 4.74 Å². The fourth-order valence-corrected chi connectivity index (χ4v) is 4.04. The summed E-state index contributed by atoms with van der Waals surface area (Å²) in [5.74, 6) is -1.22. The number of rotatable bonds is 6. The van der Waals surface area contributed by atoms with Gasteiger partial charge in [-0.05, 0) is 49.1 Å². The first-order valence-corrected chi connectivity index (χ1v) is 10.6.